The molecule has 1 aliphatic carbocycles. The molecule has 9 nitrogen and oxygen atoms in total. The molecule has 37 heavy (non-hydrogen) atoms. The molecule has 0 radical (unpaired) electrons. The van der Waals surface area contributed by atoms with Crippen molar-refractivity contribution in [2.45, 2.75) is 26.2 Å². The van der Waals surface area contributed by atoms with E-state index in [0.29, 0.717) is 47.1 Å². The van der Waals surface area contributed by atoms with Crippen LogP contribution in [0.1, 0.15) is 50.8 Å². The highest BCUT2D eigenvalue weighted by molar-refractivity contribution is 6.10. The van der Waals surface area contributed by atoms with Crippen LogP contribution in [0.5, 0.6) is 11.5 Å². The average Bonchev–Trinajstić information content (AvgIpc) is 3.28. The fourth-order valence-corrected chi connectivity index (χ4v) is 4.45. The Bertz CT molecular complexity index is 1540. The molecule has 0 unspecified atom stereocenters. The summed E-state index contributed by atoms with van der Waals surface area (Å²) in [6.45, 7) is 1.82. The second-order valence-corrected chi connectivity index (χ2v) is 8.62. The number of nitrogens with zero attached hydrogens (tertiary/aromatic N) is 2. The van der Waals surface area contributed by atoms with Gasteiger partial charge >= 0.3 is 0 Å². The molecule has 5 rings (SSSR count). The molecule has 1 aliphatic rings. The van der Waals surface area contributed by atoms with Crippen LogP contribution < -0.4 is 20.2 Å². The number of carbonyl (C=O) groups is 2. The molecule has 2 aromatic carbocycles. The van der Waals surface area contributed by atoms with Crippen LogP contribution in [0.15, 0.2) is 64.1 Å². The molecule has 0 spiro atoms. The quantitative estimate of drug-likeness (QED) is 0.366. The van der Waals surface area contributed by atoms with Crippen LogP contribution in [0.25, 0.3) is 10.9 Å². The highest BCUT2D eigenvalue weighted by Gasteiger charge is 2.28. The van der Waals surface area contributed by atoms with Gasteiger partial charge in [-0.05, 0) is 44.0 Å². The number of hydrogen-bond acceptors (Lipinski definition) is 7. The predicted octanol–water partition coefficient (Wildman–Crippen LogP) is 4.88. The molecule has 2 aromatic heterocycles. The van der Waals surface area contributed by atoms with Crippen LogP contribution >= 0.6 is 0 Å². The van der Waals surface area contributed by atoms with Crippen LogP contribution in [0, 0.1) is 6.92 Å². The maximum atomic E-state index is 13.1. The molecule has 2 amide bonds. The summed E-state index contributed by atoms with van der Waals surface area (Å²) in [7, 11) is 3.08. The molecule has 0 saturated heterocycles. The summed E-state index contributed by atoms with van der Waals surface area (Å²) < 4.78 is 16.6. The third-order valence-electron chi connectivity index (χ3n) is 6.31. The van der Waals surface area contributed by atoms with E-state index in [4.69, 9.17) is 13.9 Å². The molecule has 2 N–H and O–H groups in total. The van der Waals surface area contributed by atoms with Crippen molar-refractivity contribution in [3.63, 3.8) is 0 Å². The molecule has 0 bridgehead atoms. The molecule has 0 fully saturated rings. The lowest BCUT2D eigenvalue weighted by Gasteiger charge is -2.13. The van der Waals surface area contributed by atoms with E-state index in [1.54, 1.807) is 31.4 Å². The van der Waals surface area contributed by atoms with Crippen LogP contribution in [0.4, 0.5) is 5.69 Å². The van der Waals surface area contributed by atoms with E-state index in [1.807, 2.05) is 37.3 Å². The Morgan fingerprint density at radius 1 is 1.00 bits per heavy atom. The van der Waals surface area contributed by atoms with Crippen LogP contribution in [0.2, 0.25) is 0 Å². The number of amides is 2. The molecule has 0 atom stereocenters. The number of aromatic nitrogens is 1. The Kier molecular flexibility index (Phi) is 6.59. The van der Waals surface area contributed by atoms with Gasteiger partial charge in [-0.1, -0.05) is 24.3 Å². The summed E-state index contributed by atoms with van der Waals surface area (Å²) in [5, 5.41) is 8.20. The van der Waals surface area contributed by atoms with Gasteiger partial charge in [-0.2, -0.15) is 5.10 Å². The lowest BCUT2D eigenvalue weighted by molar-refractivity contribution is 0.0949. The van der Waals surface area contributed by atoms with E-state index in [0.717, 1.165) is 22.9 Å². The number of fused-ring (bicyclic) bond motifs is 2. The number of hydrogen-bond donors (Lipinski definition) is 2. The van der Waals surface area contributed by atoms with E-state index < -0.39 is 11.8 Å². The average molecular weight is 499 g/mol. The number of nitrogens with one attached hydrogen (secondary N) is 2. The monoisotopic (exact) mass is 498 g/mol. The van der Waals surface area contributed by atoms with Gasteiger partial charge in [0.25, 0.3) is 11.8 Å². The lowest BCUT2D eigenvalue weighted by atomic mass is 9.93. The van der Waals surface area contributed by atoms with E-state index in [9.17, 15) is 9.59 Å². The third kappa shape index (κ3) is 4.75. The van der Waals surface area contributed by atoms with Crippen molar-refractivity contribution in [1.29, 1.82) is 0 Å². The first-order chi connectivity index (χ1) is 18.0. The van der Waals surface area contributed by atoms with Crippen molar-refractivity contribution in [1.82, 2.24) is 10.4 Å². The zero-order valence-corrected chi connectivity index (χ0v) is 20.8. The summed E-state index contributed by atoms with van der Waals surface area (Å²) in [4.78, 5) is 30.3. The Labute approximate surface area is 213 Å². The highest BCUT2D eigenvalue weighted by Crippen LogP contribution is 2.33. The Morgan fingerprint density at radius 2 is 1.84 bits per heavy atom. The number of pyridine rings is 1. The zero-order valence-electron chi connectivity index (χ0n) is 20.8. The molecule has 0 aliphatic heterocycles. The molecular weight excluding hydrogens is 472 g/mol. The Hall–Kier alpha value is -4.66. The van der Waals surface area contributed by atoms with Gasteiger partial charge in [-0.3, -0.25) is 9.59 Å². The first kappa shape index (κ1) is 24.1. The van der Waals surface area contributed by atoms with Crippen molar-refractivity contribution in [3.05, 3.63) is 82.9 Å². The summed E-state index contributed by atoms with van der Waals surface area (Å²) >= 11 is 0. The molecule has 9 heteroatoms. The third-order valence-corrected chi connectivity index (χ3v) is 6.31. The predicted molar refractivity (Wildman–Crippen MR) is 140 cm³/mol. The SMILES string of the molecule is COc1ccc(NC(=O)c2oc3c(c2C)/C(=N/NC(=O)c2ccc4ccccc4n2)CCC3)c(OC)c1. The first-order valence-electron chi connectivity index (χ1n) is 11.9. The molecular formula is C28H26N4O5. The van der Waals surface area contributed by atoms with Crippen molar-refractivity contribution in [2.75, 3.05) is 19.5 Å². The maximum Gasteiger partial charge on any atom is 0.291 e. The number of aryl methyl sites for hydroxylation is 1. The van der Waals surface area contributed by atoms with Crippen LogP contribution in [-0.2, 0) is 6.42 Å². The number of carbonyl (C=O) groups excluding carboxylic acids is 2. The minimum absolute atomic E-state index is 0.194. The fourth-order valence-electron chi connectivity index (χ4n) is 4.45. The topological polar surface area (TPSA) is 115 Å². The summed E-state index contributed by atoms with van der Waals surface area (Å²) in [6.07, 6.45) is 2.11. The molecule has 188 valence electrons. The Balaban J connectivity index is 1.37. The first-order valence-corrected chi connectivity index (χ1v) is 11.9. The highest BCUT2D eigenvalue weighted by atomic mass is 16.5. The molecule has 0 saturated carbocycles. The van der Waals surface area contributed by atoms with Crippen molar-refractivity contribution in [3.8, 4) is 11.5 Å². The smallest absolute Gasteiger partial charge is 0.291 e. The van der Waals surface area contributed by atoms with E-state index >= 15 is 0 Å². The van der Waals surface area contributed by atoms with Crippen LogP contribution in [0.3, 0.4) is 0 Å². The number of rotatable bonds is 6. The fraction of sp³-hybridized carbons (Fsp3) is 0.214. The standard InChI is InChI=1S/C28H26N4O5/c1-16-25-21(31-32-27(33)22-13-11-17-7-4-5-8-19(17)29-22)9-6-10-23(25)37-26(16)28(34)30-20-14-12-18(35-2)15-24(20)36-3/h4-5,7-8,11-15H,6,9-10H2,1-3H3,(H,30,34)(H,32,33)/b31-21+. The zero-order chi connectivity index (χ0) is 25.9. The van der Waals surface area contributed by atoms with Gasteiger partial charge in [-0.25, -0.2) is 10.4 Å². The van der Waals surface area contributed by atoms with Gasteiger partial charge in [0.05, 0.1) is 31.1 Å². The van der Waals surface area contributed by atoms with Gasteiger partial charge in [0.2, 0.25) is 0 Å². The van der Waals surface area contributed by atoms with Crippen molar-refractivity contribution in [2.24, 2.45) is 5.10 Å². The number of methoxy groups -OCH3 is 2. The summed E-state index contributed by atoms with van der Waals surface area (Å²) in [5.74, 6) is 1.14. The van der Waals surface area contributed by atoms with E-state index in [1.165, 1.54) is 7.11 Å². The molecule has 4 aromatic rings. The Morgan fingerprint density at radius 3 is 2.65 bits per heavy atom. The van der Waals surface area contributed by atoms with Gasteiger partial charge in [0.15, 0.2) is 5.76 Å². The van der Waals surface area contributed by atoms with Crippen molar-refractivity contribution >= 4 is 34.1 Å². The van der Waals surface area contributed by atoms with Crippen LogP contribution in [-0.4, -0.2) is 36.7 Å². The largest absolute Gasteiger partial charge is 0.497 e. The second kappa shape index (κ2) is 10.1. The molecule has 2 heterocycles. The minimum atomic E-state index is -0.406. The number of benzene rings is 2. The number of anilines is 1. The summed E-state index contributed by atoms with van der Waals surface area (Å²) in [5.41, 5.74) is 6.20. The van der Waals surface area contributed by atoms with Gasteiger partial charge < -0.3 is 19.2 Å². The number of furan rings is 1. The van der Waals surface area contributed by atoms with E-state index in [2.05, 4.69) is 20.8 Å². The lowest BCUT2D eigenvalue weighted by Crippen LogP contribution is -2.23. The summed E-state index contributed by atoms with van der Waals surface area (Å²) in [6, 6.07) is 16.2. The van der Waals surface area contributed by atoms with Gasteiger partial charge in [0.1, 0.15) is 23.0 Å². The number of hydrazone groups is 1. The van der Waals surface area contributed by atoms with Gasteiger partial charge in [-0.15, -0.1) is 0 Å². The number of ether oxygens (including phenoxy) is 2. The maximum absolute atomic E-state index is 13.1. The minimum Gasteiger partial charge on any atom is -0.497 e. The second-order valence-electron chi connectivity index (χ2n) is 8.62. The van der Waals surface area contributed by atoms with Crippen molar-refractivity contribution < 1.29 is 23.5 Å². The van der Waals surface area contributed by atoms with Gasteiger partial charge in [0, 0.05) is 29.0 Å². The normalized spacial score (nSPS) is 13.8. The van der Waals surface area contributed by atoms with E-state index in [-0.39, 0.29) is 11.5 Å². The number of para-hydroxylation sites is 1.